The first-order valence-electron chi connectivity index (χ1n) is 18.5. The molecule has 0 atom stereocenters. The first-order valence-corrected chi connectivity index (χ1v) is 18.5. The fourth-order valence-electron chi connectivity index (χ4n) is 10.0. The summed E-state index contributed by atoms with van der Waals surface area (Å²) in [6.07, 6.45) is 0. The van der Waals surface area contributed by atoms with Gasteiger partial charge in [-0.15, -0.1) is 0 Å². The Morgan fingerprint density at radius 1 is 0.407 bits per heavy atom. The number of para-hydroxylation sites is 2. The predicted octanol–water partition coefficient (Wildman–Crippen LogP) is 7.71. The molecule has 8 aromatic carbocycles. The van der Waals surface area contributed by atoms with Crippen LogP contribution in [-0.2, 0) is 0 Å². The number of fused-ring (bicyclic) bond motifs is 12. The Morgan fingerprint density at radius 3 is 1.33 bits per heavy atom. The number of benzene rings is 8. The molecule has 248 valence electrons. The Labute approximate surface area is 309 Å². The van der Waals surface area contributed by atoms with Crippen molar-refractivity contribution in [2.24, 2.45) is 0 Å². The van der Waals surface area contributed by atoms with Gasteiger partial charge in [0.15, 0.2) is 0 Å². The van der Waals surface area contributed by atoms with Crippen molar-refractivity contribution in [2.75, 3.05) is 9.80 Å². The fourth-order valence-corrected chi connectivity index (χ4v) is 10.0. The van der Waals surface area contributed by atoms with Crippen LogP contribution in [0.15, 0.2) is 167 Å². The number of nitrogens with zero attached hydrogens (tertiary/aromatic N) is 2. The second kappa shape index (κ2) is 10.1. The van der Waals surface area contributed by atoms with E-state index in [4.69, 9.17) is 8.83 Å². The van der Waals surface area contributed by atoms with E-state index in [9.17, 15) is 0 Å². The zero-order valence-corrected chi connectivity index (χ0v) is 28.8. The zero-order chi connectivity index (χ0) is 35.2. The Morgan fingerprint density at radius 2 is 0.852 bits per heavy atom. The summed E-state index contributed by atoms with van der Waals surface area (Å²) in [4.78, 5) is 19.8. The van der Waals surface area contributed by atoms with Crippen LogP contribution in [0.3, 0.4) is 0 Å². The lowest BCUT2D eigenvalue weighted by Crippen LogP contribution is -2.64. The van der Waals surface area contributed by atoms with Crippen LogP contribution >= 0.6 is 0 Å². The summed E-state index contributed by atoms with van der Waals surface area (Å²) in [5.74, 6) is 0. The van der Waals surface area contributed by atoms with E-state index in [-0.39, 0.29) is 19.5 Å². The Bertz CT molecular complexity index is 3070. The number of amides is 2. The van der Waals surface area contributed by atoms with Crippen molar-refractivity contribution in [1.29, 1.82) is 0 Å². The van der Waals surface area contributed by atoms with Crippen molar-refractivity contribution in [1.82, 2.24) is 0 Å². The maximum absolute atomic E-state index is 15.9. The first-order chi connectivity index (χ1) is 26.7. The summed E-state index contributed by atoms with van der Waals surface area (Å²) < 4.78 is 13.0. The maximum atomic E-state index is 15.9. The molecule has 10 aromatic rings. The third-order valence-corrected chi connectivity index (χ3v) is 12.1. The van der Waals surface area contributed by atoms with Crippen LogP contribution < -0.4 is 42.6 Å². The Hall–Kier alpha value is -6.98. The van der Waals surface area contributed by atoms with E-state index in [0.29, 0.717) is 0 Å². The van der Waals surface area contributed by atoms with Gasteiger partial charge in [0.2, 0.25) is 13.4 Å². The largest absolute Gasteiger partial charge is 0.456 e. The quantitative estimate of drug-likeness (QED) is 0.175. The van der Waals surface area contributed by atoms with Gasteiger partial charge < -0.3 is 8.83 Å². The summed E-state index contributed by atoms with van der Waals surface area (Å²) in [5, 5.41) is 6.38. The second-order valence-electron chi connectivity index (χ2n) is 14.7. The number of urea groups is 1. The van der Waals surface area contributed by atoms with Crippen molar-refractivity contribution >= 4 is 130 Å². The minimum absolute atomic E-state index is 0.0940. The highest BCUT2D eigenvalue weighted by atomic mass is 16.3. The average Bonchev–Trinajstić information content (AvgIpc) is 3.80. The second-order valence-corrected chi connectivity index (χ2v) is 14.7. The van der Waals surface area contributed by atoms with Crippen LogP contribution in [0.25, 0.3) is 54.6 Å². The average molecular weight is 688 g/mol. The van der Waals surface area contributed by atoms with Crippen LogP contribution in [0.2, 0.25) is 0 Å². The SMILES string of the molecule is O=C1N2c3ccc4oc5ccccc5c4c3B(c3ccccc3)c3ccc4ccc5c(c4c32)N1c1ccc2oc3ccccc3c2c1B5c1ccccc1. The van der Waals surface area contributed by atoms with E-state index in [0.717, 1.165) is 99.3 Å². The fraction of sp³-hybridized carbons (Fsp3) is 0. The van der Waals surface area contributed by atoms with Gasteiger partial charge in [-0.25, -0.2) is 4.79 Å². The molecule has 13 rings (SSSR count). The lowest BCUT2D eigenvalue weighted by atomic mass is 9.33. The third-order valence-electron chi connectivity index (χ3n) is 12.1. The molecule has 3 aliphatic heterocycles. The molecule has 0 aliphatic carbocycles. The van der Waals surface area contributed by atoms with E-state index >= 15 is 4.79 Å². The molecular formula is C47H26B2N2O3. The summed E-state index contributed by atoms with van der Waals surface area (Å²) >= 11 is 0. The summed E-state index contributed by atoms with van der Waals surface area (Å²) in [7, 11) is 0. The van der Waals surface area contributed by atoms with Gasteiger partial charge >= 0.3 is 6.03 Å². The number of rotatable bonds is 2. The number of hydrogen-bond acceptors (Lipinski definition) is 3. The molecule has 0 saturated heterocycles. The zero-order valence-electron chi connectivity index (χ0n) is 28.8. The lowest BCUT2D eigenvalue weighted by Gasteiger charge is -2.46. The smallest absolute Gasteiger partial charge is 0.338 e. The summed E-state index contributed by atoms with van der Waals surface area (Å²) in [5.41, 5.74) is 13.7. The van der Waals surface area contributed by atoms with Gasteiger partial charge in [0.25, 0.3) is 0 Å². The van der Waals surface area contributed by atoms with Gasteiger partial charge in [-0.2, -0.15) is 0 Å². The molecule has 0 unspecified atom stereocenters. The number of carbonyl (C=O) groups is 1. The van der Waals surface area contributed by atoms with E-state index in [1.165, 1.54) is 10.9 Å². The molecule has 5 nitrogen and oxygen atoms in total. The van der Waals surface area contributed by atoms with Crippen LogP contribution in [-0.4, -0.2) is 19.5 Å². The van der Waals surface area contributed by atoms with Crippen molar-refractivity contribution < 1.29 is 13.6 Å². The monoisotopic (exact) mass is 688 g/mol. The van der Waals surface area contributed by atoms with Crippen LogP contribution in [0.5, 0.6) is 0 Å². The first kappa shape index (κ1) is 28.6. The molecule has 2 aromatic heterocycles. The number of hydrogen-bond donors (Lipinski definition) is 0. The van der Waals surface area contributed by atoms with Crippen LogP contribution in [0.1, 0.15) is 0 Å². The molecule has 0 spiro atoms. The van der Waals surface area contributed by atoms with Gasteiger partial charge in [-0.1, -0.05) is 132 Å². The van der Waals surface area contributed by atoms with Crippen molar-refractivity contribution in [2.45, 2.75) is 0 Å². The van der Waals surface area contributed by atoms with Crippen molar-refractivity contribution in [3.63, 3.8) is 0 Å². The summed E-state index contributed by atoms with van der Waals surface area (Å²) in [6, 6.07) is 55.0. The molecule has 0 bridgehead atoms. The van der Waals surface area contributed by atoms with Gasteiger partial charge in [-0.05, 0) is 63.6 Å². The maximum Gasteiger partial charge on any atom is 0.338 e. The van der Waals surface area contributed by atoms with Crippen LogP contribution in [0.4, 0.5) is 27.5 Å². The third kappa shape index (κ3) is 3.45. The molecule has 5 heterocycles. The van der Waals surface area contributed by atoms with E-state index in [1.54, 1.807) is 0 Å². The highest BCUT2D eigenvalue weighted by Crippen LogP contribution is 2.49. The molecular weight excluding hydrogens is 662 g/mol. The molecule has 54 heavy (non-hydrogen) atoms. The van der Waals surface area contributed by atoms with E-state index < -0.39 is 0 Å². The molecule has 2 amide bonds. The molecule has 0 fully saturated rings. The van der Waals surface area contributed by atoms with E-state index in [2.05, 4.69) is 121 Å². The minimum Gasteiger partial charge on any atom is -0.456 e. The lowest BCUT2D eigenvalue weighted by molar-refractivity contribution is 0.255. The normalized spacial score (nSPS) is 14.2. The van der Waals surface area contributed by atoms with Crippen molar-refractivity contribution in [3.05, 3.63) is 158 Å². The Kier molecular flexibility index (Phi) is 5.36. The Balaban J connectivity index is 1.20. The number of anilines is 4. The van der Waals surface area contributed by atoms with Gasteiger partial charge in [0, 0.05) is 38.3 Å². The topological polar surface area (TPSA) is 49.8 Å². The predicted molar refractivity (Wildman–Crippen MR) is 223 cm³/mol. The number of carbonyl (C=O) groups excluding carboxylic acids is 1. The molecule has 0 radical (unpaired) electrons. The molecule has 3 aliphatic rings. The van der Waals surface area contributed by atoms with Gasteiger partial charge in [0.05, 0.1) is 11.4 Å². The highest BCUT2D eigenvalue weighted by Gasteiger charge is 2.49. The van der Waals surface area contributed by atoms with Gasteiger partial charge in [-0.3, -0.25) is 9.80 Å². The summed E-state index contributed by atoms with van der Waals surface area (Å²) in [6.45, 7) is -0.260. The van der Waals surface area contributed by atoms with Crippen LogP contribution in [0, 0.1) is 0 Å². The number of furan rings is 2. The minimum atomic E-state index is -0.130. The molecule has 0 N–H and O–H groups in total. The van der Waals surface area contributed by atoms with E-state index in [1.807, 2.05) is 46.2 Å². The van der Waals surface area contributed by atoms with Gasteiger partial charge in [0.1, 0.15) is 22.3 Å². The standard InChI is InChI=1S/C47H26B2N2O3/c52-47-50-34-23-25-38-41(30-15-7-9-17-36(30)53-38)43(34)48(28-11-3-1-4-12-28)32-21-19-27-20-22-33-46(40(27)45(32)50)51(47)35-24-26-39-42(31-16-8-10-18-37(31)54-39)44(35)49(33)29-13-5-2-6-14-29/h1-26H. The highest BCUT2D eigenvalue weighted by molar-refractivity contribution is 7.01. The van der Waals surface area contributed by atoms with Crippen molar-refractivity contribution in [3.8, 4) is 0 Å². The molecule has 7 heteroatoms. The molecule has 0 saturated carbocycles.